The minimum atomic E-state index is -0.00454. The Balaban J connectivity index is 2.26. The molecule has 0 aliphatic carbocycles. The van der Waals surface area contributed by atoms with Crippen LogP contribution in [0.5, 0.6) is 0 Å². The van der Waals surface area contributed by atoms with Crippen LogP contribution < -0.4 is 5.32 Å². The molecule has 1 aliphatic heterocycles. The monoisotopic (exact) mass is 224 g/mol. The van der Waals surface area contributed by atoms with E-state index in [9.17, 15) is 4.79 Å². The van der Waals surface area contributed by atoms with Crippen molar-refractivity contribution in [2.45, 2.75) is 25.9 Å². The molecular formula is C12H20N2O2. The van der Waals surface area contributed by atoms with Gasteiger partial charge in [-0.2, -0.15) is 0 Å². The topological polar surface area (TPSA) is 41.6 Å². The number of piperidine rings is 1. The van der Waals surface area contributed by atoms with Gasteiger partial charge >= 0.3 is 0 Å². The zero-order valence-electron chi connectivity index (χ0n) is 9.87. The van der Waals surface area contributed by atoms with Gasteiger partial charge in [0.1, 0.15) is 0 Å². The molecule has 4 nitrogen and oxygen atoms in total. The van der Waals surface area contributed by atoms with Gasteiger partial charge in [0.05, 0.1) is 19.2 Å². The molecule has 1 amide bonds. The van der Waals surface area contributed by atoms with Crippen LogP contribution in [0.25, 0.3) is 0 Å². The lowest BCUT2D eigenvalue weighted by atomic mass is 10.1. The summed E-state index contributed by atoms with van der Waals surface area (Å²) in [6.45, 7) is 5.28. The lowest BCUT2D eigenvalue weighted by Gasteiger charge is -2.31. The molecule has 0 bridgehead atoms. The Morgan fingerprint density at radius 3 is 3.19 bits per heavy atom. The highest BCUT2D eigenvalue weighted by atomic mass is 16.5. The summed E-state index contributed by atoms with van der Waals surface area (Å²) >= 11 is 0. The number of hydrogen-bond donors (Lipinski definition) is 1. The fourth-order valence-electron chi connectivity index (χ4n) is 1.94. The second-order valence-corrected chi connectivity index (χ2v) is 3.94. The van der Waals surface area contributed by atoms with Gasteiger partial charge in [-0.15, -0.1) is 6.42 Å². The summed E-state index contributed by atoms with van der Waals surface area (Å²) in [6, 6.07) is 0. The normalized spacial score (nSPS) is 21.4. The van der Waals surface area contributed by atoms with Crippen molar-refractivity contribution in [2.24, 2.45) is 0 Å². The second-order valence-electron chi connectivity index (χ2n) is 3.94. The van der Waals surface area contributed by atoms with Crippen LogP contribution in [0, 0.1) is 12.3 Å². The molecule has 0 spiro atoms. The molecule has 0 saturated carbocycles. The van der Waals surface area contributed by atoms with Gasteiger partial charge in [0.2, 0.25) is 5.91 Å². The fraction of sp³-hybridized carbons (Fsp3) is 0.750. The Morgan fingerprint density at radius 2 is 2.50 bits per heavy atom. The van der Waals surface area contributed by atoms with E-state index in [1.165, 1.54) is 0 Å². The van der Waals surface area contributed by atoms with Gasteiger partial charge in [-0.25, -0.2) is 0 Å². The third-order valence-corrected chi connectivity index (χ3v) is 2.62. The van der Waals surface area contributed by atoms with E-state index in [1.807, 2.05) is 6.92 Å². The summed E-state index contributed by atoms with van der Waals surface area (Å²) in [5.74, 6) is 2.39. The Morgan fingerprint density at radius 1 is 1.69 bits per heavy atom. The average molecular weight is 224 g/mol. The highest BCUT2D eigenvalue weighted by Crippen LogP contribution is 2.12. The van der Waals surface area contributed by atoms with Gasteiger partial charge in [0, 0.05) is 13.2 Å². The number of carbonyl (C=O) groups is 1. The third kappa shape index (κ3) is 4.65. The number of ether oxygens (including phenoxy) is 1. The van der Waals surface area contributed by atoms with Crippen molar-refractivity contribution in [1.82, 2.24) is 10.2 Å². The first-order valence-electron chi connectivity index (χ1n) is 5.80. The van der Waals surface area contributed by atoms with Crippen molar-refractivity contribution >= 4 is 5.91 Å². The molecular weight excluding hydrogens is 204 g/mol. The molecule has 1 unspecified atom stereocenters. The van der Waals surface area contributed by atoms with Gasteiger partial charge in [-0.05, 0) is 26.3 Å². The number of rotatable bonds is 5. The largest absolute Gasteiger partial charge is 0.377 e. The molecule has 1 fully saturated rings. The molecule has 0 aromatic rings. The van der Waals surface area contributed by atoms with Gasteiger partial charge in [-0.1, -0.05) is 5.92 Å². The number of nitrogens with one attached hydrogen (secondary N) is 1. The molecule has 0 aromatic carbocycles. The van der Waals surface area contributed by atoms with E-state index in [-0.39, 0.29) is 12.0 Å². The van der Waals surface area contributed by atoms with Crippen LogP contribution in [0.1, 0.15) is 19.8 Å². The number of carbonyl (C=O) groups excluding carboxylic acids is 1. The van der Waals surface area contributed by atoms with E-state index in [1.54, 1.807) is 0 Å². The van der Waals surface area contributed by atoms with E-state index in [0.717, 1.165) is 32.5 Å². The second kappa shape index (κ2) is 7.26. The molecule has 1 aliphatic rings. The van der Waals surface area contributed by atoms with Crippen LogP contribution in [0.4, 0.5) is 0 Å². The third-order valence-electron chi connectivity index (χ3n) is 2.62. The van der Waals surface area contributed by atoms with Gasteiger partial charge in [0.25, 0.3) is 0 Å². The first-order chi connectivity index (χ1) is 7.76. The number of amides is 1. The molecule has 1 atom stereocenters. The SMILES string of the molecule is C#CCNC(=O)CN1CCCC(OCC)C1. The standard InChI is InChI=1S/C12H20N2O2/c1-3-7-13-12(15)10-14-8-5-6-11(9-14)16-4-2/h1,11H,4-10H2,2H3,(H,13,15). The molecule has 4 heteroatoms. The number of likely N-dealkylation sites (tertiary alicyclic amines) is 1. The molecule has 1 saturated heterocycles. The quantitative estimate of drug-likeness (QED) is 0.680. The molecule has 1 N–H and O–H groups in total. The number of nitrogens with zero attached hydrogens (tertiary/aromatic N) is 1. The van der Waals surface area contributed by atoms with Crippen molar-refractivity contribution in [3.63, 3.8) is 0 Å². The first-order valence-corrected chi connectivity index (χ1v) is 5.80. The number of terminal acetylenes is 1. The zero-order chi connectivity index (χ0) is 11.8. The Bertz CT molecular complexity index is 258. The van der Waals surface area contributed by atoms with Crippen molar-refractivity contribution in [2.75, 3.05) is 32.8 Å². The number of hydrogen-bond acceptors (Lipinski definition) is 3. The summed E-state index contributed by atoms with van der Waals surface area (Å²) in [5.41, 5.74) is 0. The highest BCUT2D eigenvalue weighted by Gasteiger charge is 2.21. The average Bonchev–Trinajstić information content (AvgIpc) is 2.27. The van der Waals surface area contributed by atoms with E-state index >= 15 is 0 Å². The predicted octanol–water partition coefficient (Wildman–Crippen LogP) is 0.237. The van der Waals surface area contributed by atoms with Crippen molar-refractivity contribution < 1.29 is 9.53 Å². The van der Waals surface area contributed by atoms with Crippen LogP contribution in [0.3, 0.4) is 0 Å². The maximum atomic E-state index is 11.4. The molecule has 16 heavy (non-hydrogen) atoms. The van der Waals surface area contributed by atoms with Crippen LogP contribution in [-0.2, 0) is 9.53 Å². The van der Waals surface area contributed by atoms with Gasteiger partial charge < -0.3 is 10.1 Å². The van der Waals surface area contributed by atoms with Crippen LogP contribution in [0.2, 0.25) is 0 Å². The Hall–Kier alpha value is -1.05. The Labute approximate surface area is 97.3 Å². The van der Waals surface area contributed by atoms with E-state index < -0.39 is 0 Å². The summed E-state index contributed by atoms with van der Waals surface area (Å²) in [6.07, 6.45) is 7.53. The molecule has 0 aromatic heterocycles. The van der Waals surface area contributed by atoms with Crippen molar-refractivity contribution in [3.05, 3.63) is 0 Å². The van der Waals surface area contributed by atoms with Gasteiger partial charge in [0.15, 0.2) is 0 Å². The minimum Gasteiger partial charge on any atom is -0.377 e. The lowest BCUT2D eigenvalue weighted by Crippen LogP contribution is -2.45. The van der Waals surface area contributed by atoms with Crippen LogP contribution in [-0.4, -0.2) is 49.7 Å². The van der Waals surface area contributed by atoms with Crippen molar-refractivity contribution in [1.29, 1.82) is 0 Å². The van der Waals surface area contributed by atoms with Crippen molar-refractivity contribution in [3.8, 4) is 12.3 Å². The van der Waals surface area contributed by atoms with Crippen LogP contribution >= 0.6 is 0 Å². The maximum Gasteiger partial charge on any atom is 0.234 e. The molecule has 90 valence electrons. The smallest absolute Gasteiger partial charge is 0.234 e. The fourth-order valence-corrected chi connectivity index (χ4v) is 1.94. The van der Waals surface area contributed by atoms with Gasteiger partial charge in [-0.3, -0.25) is 9.69 Å². The lowest BCUT2D eigenvalue weighted by molar-refractivity contribution is -0.122. The summed E-state index contributed by atoms with van der Waals surface area (Å²) in [7, 11) is 0. The molecule has 0 radical (unpaired) electrons. The maximum absolute atomic E-state index is 11.4. The highest BCUT2D eigenvalue weighted by molar-refractivity contribution is 5.78. The first kappa shape index (κ1) is 13.0. The summed E-state index contributed by atoms with van der Waals surface area (Å²) < 4.78 is 5.57. The van der Waals surface area contributed by atoms with E-state index in [2.05, 4.69) is 16.1 Å². The molecule has 1 heterocycles. The Kier molecular flexibility index (Phi) is 5.91. The predicted molar refractivity (Wildman–Crippen MR) is 62.9 cm³/mol. The minimum absolute atomic E-state index is 0.00454. The summed E-state index contributed by atoms with van der Waals surface area (Å²) in [5, 5.41) is 2.67. The van der Waals surface area contributed by atoms with E-state index in [0.29, 0.717) is 13.1 Å². The summed E-state index contributed by atoms with van der Waals surface area (Å²) in [4.78, 5) is 13.6. The van der Waals surface area contributed by atoms with Crippen LogP contribution in [0.15, 0.2) is 0 Å². The zero-order valence-corrected chi connectivity index (χ0v) is 9.87. The van der Waals surface area contributed by atoms with E-state index in [4.69, 9.17) is 11.2 Å². The molecule has 1 rings (SSSR count).